The molecule has 1 heterocycles. The lowest BCUT2D eigenvalue weighted by Gasteiger charge is -2.52. The molecular weight excluding hydrogens is 462 g/mol. The summed E-state index contributed by atoms with van der Waals surface area (Å²) >= 11 is 6.34. The minimum absolute atomic E-state index is 0.183. The highest BCUT2D eigenvalue weighted by atomic mass is 35.5. The zero-order chi connectivity index (χ0) is 24.8. The molecule has 1 unspecified atom stereocenters. The predicted octanol–water partition coefficient (Wildman–Crippen LogP) is 5.86. The average molecular weight is 496 g/mol. The van der Waals surface area contributed by atoms with E-state index < -0.39 is 12.1 Å². The van der Waals surface area contributed by atoms with Gasteiger partial charge in [-0.3, -0.25) is 0 Å². The highest BCUT2D eigenvalue weighted by molar-refractivity contribution is 6.30. The number of nitrogens with zero attached hydrogens (tertiary/aromatic N) is 1. The van der Waals surface area contributed by atoms with Crippen molar-refractivity contribution in [3.8, 4) is 5.75 Å². The molecular formula is C29H34ClNO4. The maximum absolute atomic E-state index is 11.8. The van der Waals surface area contributed by atoms with E-state index >= 15 is 0 Å². The fraction of sp³-hybridized carbons (Fsp3) is 0.483. The number of ether oxygens (including phenoxy) is 1. The van der Waals surface area contributed by atoms with Gasteiger partial charge in [-0.15, -0.1) is 6.58 Å². The van der Waals surface area contributed by atoms with Crippen LogP contribution in [0.1, 0.15) is 60.5 Å². The van der Waals surface area contributed by atoms with E-state index in [1.807, 2.05) is 6.07 Å². The summed E-state index contributed by atoms with van der Waals surface area (Å²) in [5, 5.41) is 21.3. The Labute approximate surface area is 212 Å². The Bertz CT molecular complexity index is 1150. The van der Waals surface area contributed by atoms with Crippen molar-refractivity contribution >= 4 is 23.3 Å². The zero-order valence-corrected chi connectivity index (χ0v) is 21.1. The molecule has 1 saturated carbocycles. The summed E-state index contributed by atoms with van der Waals surface area (Å²) in [6, 6.07) is 11.4. The third-order valence-electron chi connectivity index (χ3n) is 8.84. The van der Waals surface area contributed by atoms with E-state index in [9.17, 15) is 15.0 Å². The van der Waals surface area contributed by atoms with Crippen molar-refractivity contribution < 1.29 is 19.7 Å². The lowest BCUT2D eigenvalue weighted by atomic mass is 9.57. The minimum Gasteiger partial charge on any atom is -0.490 e. The molecule has 2 aliphatic carbocycles. The Morgan fingerprint density at radius 3 is 2.86 bits per heavy atom. The number of benzene rings is 2. The van der Waals surface area contributed by atoms with E-state index in [0.29, 0.717) is 18.9 Å². The van der Waals surface area contributed by atoms with Gasteiger partial charge in [-0.25, -0.2) is 4.79 Å². The number of carbonyl (C=O) groups is 1. The van der Waals surface area contributed by atoms with E-state index in [0.717, 1.165) is 61.7 Å². The van der Waals surface area contributed by atoms with Gasteiger partial charge in [-0.05, 0) is 91.3 Å². The maximum Gasteiger partial charge on any atom is 0.335 e. The number of hydrogen-bond acceptors (Lipinski definition) is 4. The van der Waals surface area contributed by atoms with Crippen molar-refractivity contribution in [2.75, 3.05) is 24.6 Å². The van der Waals surface area contributed by atoms with Crippen LogP contribution >= 0.6 is 11.6 Å². The fourth-order valence-electron chi connectivity index (χ4n) is 6.48. The van der Waals surface area contributed by atoms with Crippen LogP contribution in [0.4, 0.5) is 5.69 Å². The third-order valence-corrected chi connectivity index (χ3v) is 9.08. The SMILES string of the molecule is C=CC[C@H](O)[C@@]1(C)CC[C@H]1CN1CC2(CCCc3cc(Cl)ccc32)COc2ccc(C(=O)O)cc21. The first kappa shape index (κ1) is 24.2. The van der Waals surface area contributed by atoms with E-state index in [-0.39, 0.29) is 16.4 Å². The van der Waals surface area contributed by atoms with Crippen molar-refractivity contribution in [2.45, 2.75) is 57.0 Å². The molecule has 186 valence electrons. The first-order chi connectivity index (χ1) is 16.8. The number of rotatable bonds is 6. The molecule has 2 N–H and O–H groups in total. The largest absolute Gasteiger partial charge is 0.490 e. The van der Waals surface area contributed by atoms with Gasteiger partial charge < -0.3 is 19.8 Å². The van der Waals surface area contributed by atoms with Gasteiger partial charge in [0.1, 0.15) is 5.75 Å². The molecule has 1 aliphatic heterocycles. The van der Waals surface area contributed by atoms with Crippen LogP contribution in [0, 0.1) is 11.3 Å². The number of aryl methyl sites for hydroxylation is 1. The van der Waals surface area contributed by atoms with Gasteiger partial charge in [0.05, 0.1) is 24.0 Å². The number of halogens is 1. The molecule has 0 radical (unpaired) electrons. The molecule has 35 heavy (non-hydrogen) atoms. The van der Waals surface area contributed by atoms with Crippen LogP contribution < -0.4 is 9.64 Å². The number of hydrogen-bond donors (Lipinski definition) is 2. The maximum atomic E-state index is 11.8. The Hall–Kier alpha value is -2.50. The minimum atomic E-state index is -0.945. The Morgan fingerprint density at radius 1 is 1.31 bits per heavy atom. The van der Waals surface area contributed by atoms with E-state index in [1.165, 1.54) is 11.1 Å². The number of carboxylic acid groups (broad SMARTS) is 1. The van der Waals surface area contributed by atoms with Crippen LogP contribution in [0.15, 0.2) is 49.1 Å². The van der Waals surface area contributed by atoms with Gasteiger partial charge in [0, 0.05) is 23.5 Å². The second kappa shape index (κ2) is 9.18. The van der Waals surface area contributed by atoms with Crippen LogP contribution in [0.3, 0.4) is 0 Å². The Balaban J connectivity index is 1.55. The van der Waals surface area contributed by atoms with Crippen molar-refractivity contribution in [2.24, 2.45) is 11.3 Å². The molecule has 0 saturated heterocycles. The fourth-order valence-corrected chi connectivity index (χ4v) is 6.68. The quantitative estimate of drug-likeness (QED) is 0.491. The summed E-state index contributed by atoms with van der Waals surface area (Å²) in [6.07, 6.45) is 7.01. The van der Waals surface area contributed by atoms with Crippen LogP contribution in [0.25, 0.3) is 0 Å². The topological polar surface area (TPSA) is 70.0 Å². The number of aromatic carboxylic acids is 1. The van der Waals surface area contributed by atoms with Gasteiger partial charge in [-0.2, -0.15) is 0 Å². The second-order valence-corrected chi connectivity index (χ2v) is 11.3. The first-order valence-electron chi connectivity index (χ1n) is 12.6. The summed E-state index contributed by atoms with van der Waals surface area (Å²) in [6.45, 7) is 8.01. The van der Waals surface area contributed by atoms with Crippen molar-refractivity contribution in [3.63, 3.8) is 0 Å². The zero-order valence-electron chi connectivity index (χ0n) is 20.3. The van der Waals surface area contributed by atoms with Crippen LogP contribution in [0.5, 0.6) is 5.75 Å². The predicted molar refractivity (Wildman–Crippen MR) is 139 cm³/mol. The van der Waals surface area contributed by atoms with Gasteiger partial charge in [0.15, 0.2) is 0 Å². The molecule has 3 aliphatic rings. The highest BCUT2D eigenvalue weighted by Crippen LogP contribution is 2.52. The molecule has 2 aromatic carbocycles. The van der Waals surface area contributed by atoms with Crippen molar-refractivity contribution in [3.05, 3.63) is 70.8 Å². The normalized spacial score (nSPS) is 28.2. The van der Waals surface area contributed by atoms with Gasteiger partial charge >= 0.3 is 5.97 Å². The number of aliphatic hydroxyl groups excluding tert-OH is 1. The standard InChI is InChI=1S/C29H34ClNO4/c1-3-5-26(32)28(2)13-11-21(28)16-31-17-29(12-4-6-19-14-22(30)8-9-23(19)29)18-35-25-10-7-20(27(33)34)15-24(25)31/h3,7-10,14-15,21,26,32H,1,4-6,11-13,16-18H2,2H3,(H,33,34)/t21-,26-,28-,29?/m0/s1. The summed E-state index contributed by atoms with van der Waals surface area (Å²) in [5.41, 5.74) is 3.26. The number of anilines is 1. The van der Waals surface area contributed by atoms with Crippen LogP contribution in [-0.4, -0.2) is 42.0 Å². The van der Waals surface area contributed by atoms with Gasteiger partial charge in [-0.1, -0.05) is 30.7 Å². The molecule has 2 aromatic rings. The molecule has 6 heteroatoms. The molecule has 0 aromatic heterocycles. The van der Waals surface area contributed by atoms with E-state index in [2.05, 4.69) is 30.5 Å². The number of fused-ring (bicyclic) bond motifs is 3. The molecule has 1 spiro atoms. The summed E-state index contributed by atoms with van der Waals surface area (Å²) in [5.74, 6) is 0.0714. The summed E-state index contributed by atoms with van der Waals surface area (Å²) in [4.78, 5) is 14.1. The van der Waals surface area contributed by atoms with E-state index in [1.54, 1.807) is 24.3 Å². The lowest BCUT2D eigenvalue weighted by molar-refractivity contribution is -0.0695. The molecule has 1 fully saturated rings. The second-order valence-electron chi connectivity index (χ2n) is 10.9. The summed E-state index contributed by atoms with van der Waals surface area (Å²) < 4.78 is 6.43. The van der Waals surface area contributed by atoms with Crippen LogP contribution in [-0.2, 0) is 11.8 Å². The Kier molecular flexibility index (Phi) is 6.35. The highest BCUT2D eigenvalue weighted by Gasteiger charge is 2.49. The number of carboxylic acids is 1. The number of aliphatic hydroxyl groups is 1. The van der Waals surface area contributed by atoms with Crippen LogP contribution in [0.2, 0.25) is 5.02 Å². The molecule has 0 amide bonds. The first-order valence-corrected chi connectivity index (χ1v) is 13.0. The molecule has 4 atom stereocenters. The van der Waals surface area contributed by atoms with Gasteiger partial charge in [0.2, 0.25) is 0 Å². The third kappa shape index (κ3) is 4.23. The smallest absolute Gasteiger partial charge is 0.335 e. The monoisotopic (exact) mass is 495 g/mol. The molecule has 5 rings (SSSR count). The van der Waals surface area contributed by atoms with Crippen molar-refractivity contribution in [1.82, 2.24) is 0 Å². The Morgan fingerprint density at radius 2 is 2.14 bits per heavy atom. The van der Waals surface area contributed by atoms with Gasteiger partial charge in [0.25, 0.3) is 0 Å². The summed E-state index contributed by atoms with van der Waals surface area (Å²) in [7, 11) is 0. The molecule has 5 nitrogen and oxygen atoms in total. The van der Waals surface area contributed by atoms with E-state index in [4.69, 9.17) is 16.3 Å². The van der Waals surface area contributed by atoms with Crippen molar-refractivity contribution in [1.29, 1.82) is 0 Å². The lowest BCUT2D eigenvalue weighted by Crippen LogP contribution is -2.53. The average Bonchev–Trinajstić information content (AvgIpc) is 2.98. The molecule has 0 bridgehead atoms.